The summed E-state index contributed by atoms with van der Waals surface area (Å²) in [6.07, 6.45) is 2.16. The Morgan fingerprint density at radius 1 is 1.47 bits per heavy atom. The van der Waals surface area contributed by atoms with Crippen molar-refractivity contribution >= 4 is 46.7 Å². The molecule has 6 nitrogen and oxygen atoms in total. The molecule has 0 aromatic carbocycles. The minimum atomic E-state index is -0.383. The average molecular weight is 318 g/mol. The molecule has 0 aliphatic heterocycles. The Labute approximate surface area is 123 Å². The number of nitrogens with two attached hydrogens (primary N) is 1. The number of hydrogen-bond acceptors (Lipinski definition) is 7. The Bertz CT molecular complexity index is 475. The predicted molar refractivity (Wildman–Crippen MR) is 76.3 cm³/mol. The lowest BCUT2D eigenvalue weighted by Gasteiger charge is -2.08. The zero-order valence-corrected chi connectivity index (χ0v) is 12.7. The van der Waals surface area contributed by atoms with Crippen LogP contribution in [0.25, 0.3) is 0 Å². The van der Waals surface area contributed by atoms with Crippen LogP contribution in [0.2, 0.25) is 0 Å². The number of aromatic nitrogens is 2. The maximum absolute atomic E-state index is 11.8. The van der Waals surface area contributed by atoms with Crippen LogP contribution in [0.15, 0.2) is 8.68 Å². The van der Waals surface area contributed by atoms with Crippen molar-refractivity contribution in [2.24, 2.45) is 5.73 Å². The van der Waals surface area contributed by atoms with E-state index in [1.807, 2.05) is 6.92 Å². The van der Waals surface area contributed by atoms with Crippen molar-refractivity contribution in [3.8, 4) is 0 Å². The van der Waals surface area contributed by atoms with Crippen LogP contribution >= 0.6 is 34.9 Å². The molecule has 1 saturated carbocycles. The predicted octanol–water partition coefficient (Wildman–Crippen LogP) is 0.875. The summed E-state index contributed by atoms with van der Waals surface area (Å²) in [4.78, 5) is 22.4. The topological polar surface area (TPSA) is 98.0 Å². The molecule has 2 rings (SSSR count). The quantitative estimate of drug-likeness (QED) is 0.724. The van der Waals surface area contributed by atoms with E-state index in [0.29, 0.717) is 10.4 Å². The van der Waals surface area contributed by atoms with Crippen LogP contribution < -0.4 is 11.1 Å². The van der Waals surface area contributed by atoms with Crippen LogP contribution in [0.3, 0.4) is 0 Å². The largest absolute Gasteiger partial charge is 0.369 e. The fraction of sp³-hybridized carbons (Fsp3) is 0.600. The maximum Gasteiger partial charge on any atom is 0.233 e. The molecule has 19 heavy (non-hydrogen) atoms. The van der Waals surface area contributed by atoms with E-state index in [-0.39, 0.29) is 22.8 Å². The summed E-state index contributed by atoms with van der Waals surface area (Å²) in [5.74, 6) is -0.155. The number of nitrogens with one attached hydrogen (secondary N) is 1. The van der Waals surface area contributed by atoms with E-state index in [1.54, 1.807) is 0 Å². The van der Waals surface area contributed by atoms with Crippen molar-refractivity contribution in [2.75, 3.05) is 5.75 Å². The van der Waals surface area contributed by atoms with E-state index in [0.717, 1.165) is 17.2 Å². The average Bonchev–Trinajstić information content (AvgIpc) is 3.05. The molecule has 1 aromatic heterocycles. The molecule has 2 amide bonds. The maximum atomic E-state index is 11.8. The van der Waals surface area contributed by atoms with Gasteiger partial charge in [-0.3, -0.25) is 9.59 Å². The molecule has 0 radical (unpaired) electrons. The summed E-state index contributed by atoms with van der Waals surface area (Å²) in [5.41, 5.74) is 5.06. The first-order valence-corrected chi connectivity index (χ1v) is 8.44. The van der Waals surface area contributed by atoms with Crippen molar-refractivity contribution in [1.82, 2.24) is 15.5 Å². The molecule has 0 spiro atoms. The van der Waals surface area contributed by atoms with Gasteiger partial charge >= 0.3 is 0 Å². The summed E-state index contributed by atoms with van der Waals surface area (Å²) in [6.45, 7) is 1.85. The van der Waals surface area contributed by atoms with Gasteiger partial charge in [0.1, 0.15) is 0 Å². The summed E-state index contributed by atoms with van der Waals surface area (Å²) < 4.78 is 1.42. The zero-order valence-electron chi connectivity index (χ0n) is 10.3. The first kappa shape index (κ1) is 14.6. The van der Waals surface area contributed by atoms with Crippen LogP contribution in [-0.2, 0) is 9.59 Å². The Morgan fingerprint density at radius 3 is 2.79 bits per heavy atom. The number of carbonyl (C=O) groups excluding carboxylic acids is 2. The lowest BCUT2D eigenvalue weighted by molar-refractivity contribution is -0.120. The number of amides is 2. The van der Waals surface area contributed by atoms with Gasteiger partial charge in [-0.25, -0.2) is 0 Å². The third kappa shape index (κ3) is 5.00. The van der Waals surface area contributed by atoms with Gasteiger partial charge < -0.3 is 11.1 Å². The van der Waals surface area contributed by atoms with E-state index in [9.17, 15) is 9.59 Å². The van der Waals surface area contributed by atoms with Crippen LogP contribution in [0.4, 0.5) is 0 Å². The Morgan fingerprint density at radius 2 is 2.16 bits per heavy atom. The number of rotatable bonds is 7. The van der Waals surface area contributed by atoms with Crippen LogP contribution in [0.1, 0.15) is 19.8 Å². The van der Waals surface area contributed by atoms with Gasteiger partial charge in [0.15, 0.2) is 8.68 Å². The van der Waals surface area contributed by atoms with Crippen LogP contribution in [0.5, 0.6) is 0 Å². The third-order valence-electron chi connectivity index (χ3n) is 2.30. The van der Waals surface area contributed by atoms with Crippen LogP contribution in [-0.4, -0.2) is 39.1 Å². The molecule has 1 aromatic rings. The van der Waals surface area contributed by atoms with E-state index in [2.05, 4.69) is 15.5 Å². The summed E-state index contributed by atoms with van der Waals surface area (Å²) >= 11 is 4.01. The van der Waals surface area contributed by atoms with Gasteiger partial charge in [0.25, 0.3) is 0 Å². The summed E-state index contributed by atoms with van der Waals surface area (Å²) in [6, 6.07) is 0.367. The SMILES string of the molecule is C[C@H](Sc1nnc(SCC(N)=O)s1)C(=O)NC1CC1. The number of carbonyl (C=O) groups is 2. The molecule has 1 aliphatic rings. The molecule has 1 fully saturated rings. The molecule has 0 bridgehead atoms. The highest BCUT2D eigenvalue weighted by Gasteiger charge is 2.26. The highest BCUT2D eigenvalue weighted by atomic mass is 32.2. The van der Waals surface area contributed by atoms with Gasteiger partial charge in [0.2, 0.25) is 11.8 Å². The highest BCUT2D eigenvalue weighted by molar-refractivity contribution is 8.04. The van der Waals surface area contributed by atoms with Gasteiger partial charge in [-0.05, 0) is 19.8 Å². The van der Waals surface area contributed by atoms with Gasteiger partial charge in [-0.2, -0.15) is 0 Å². The Hall–Kier alpha value is -0.800. The van der Waals surface area contributed by atoms with E-state index in [1.165, 1.54) is 34.9 Å². The van der Waals surface area contributed by atoms with Gasteiger partial charge in [0, 0.05) is 6.04 Å². The Balaban J connectivity index is 1.80. The van der Waals surface area contributed by atoms with Gasteiger partial charge in [0.05, 0.1) is 11.0 Å². The fourth-order valence-electron chi connectivity index (χ4n) is 1.19. The molecule has 1 aliphatic carbocycles. The van der Waals surface area contributed by atoms with Crippen molar-refractivity contribution in [2.45, 2.75) is 39.7 Å². The molecule has 1 heterocycles. The molecule has 104 valence electrons. The molecule has 9 heteroatoms. The minimum absolute atomic E-state index is 0.0361. The monoisotopic (exact) mass is 318 g/mol. The minimum Gasteiger partial charge on any atom is -0.369 e. The number of thioether (sulfide) groups is 2. The standard InChI is InChI=1S/C10H14N4O2S3/c1-5(8(16)12-6-2-3-6)18-10-14-13-9(19-10)17-4-7(11)15/h5-6H,2-4H2,1H3,(H2,11,15)(H,12,16)/t5-/m0/s1. The van der Waals surface area contributed by atoms with Crippen molar-refractivity contribution in [1.29, 1.82) is 0 Å². The first-order chi connectivity index (χ1) is 9.04. The van der Waals surface area contributed by atoms with Crippen molar-refractivity contribution in [3.63, 3.8) is 0 Å². The van der Waals surface area contributed by atoms with Crippen LogP contribution in [0, 0.1) is 0 Å². The van der Waals surface area contributed by atoms with E-state index >= 15 is 0 Å². The second-order valence-corrected chi connectivity index (χ2v) is 7.92. The molecule has 3 N–H and O–H groups in total. The molecule has 0 saturated heterocycles. The number of nitrogens with zero attached hydrogens (tertiary/aromatic N) is 2. The number of hydrogen-bond donors (Lipinski definition) is 2. The summed E-state index contributed by atoms with van der Waals surface area (Å²) in [7, 11) is 0. The smallest absolute Gasteiger partial charge is 0.233 e. The number of primary amides is 1. The Kier molecular flexibility index (Phi) is 5.06. The molecule has 1 atom stereocenters. The molecule has 0 unspecified atom stereocenters. The van der Waals surface area contributed by atoms with E-state index in [4.69, 9.17) is 5.73 Å². The lowest BCUT2D eigenvalue weighted by atomic mass is 10.4. The first-order valence-electron chi connectivity index (χ1n) is 5.76. The third-order valence-corrected chi connectivity index (χ3v) is 5.56. The van der Waals surface area contributed by atoms with Crippen molar-refractivity contribution < 1.29 is 9.59 Å². The van der Waals surface area contributed by atoms with E-state index < -0.39 is 0 Å². The fourth-order valence-corrected chi connectivity index (χ4v) is 4.10. The second-order valence-electron chi connectivity index (χ2n) is 4.13. The molecular weight excluding hydrogens is 304 g/mol. The zero-order chi connectivity index (χ0) is 13.8. The molecular formula is C10H14N4O2S3. The second kappa shape index (κ2) is 6.58. The summed E-state index contributed by atoms with van der Waals surface area (Å²) in [5, 5.41) is 10.7. The lowest BCUT2D eigenvalue weighted by Crippen LogP contribution is -2.32. The normalized spacial score (nSPS) is 16.1. The van der Waals surface area contributed by atoms with Crippen molar-refractivity contribution in [3.05, 3.63) is 0 Å². The highest BCUT2D eigenvalue weighted by Crippen LogP contribution is 2.31. The van der Waals surface area contributed by atoms with Gasteiger partial charge in [-0.15, -0.1) is 10.2 Å². The van der Waals surface area contributed by atoms with Gasteiger partial charge in [-0.1, -0.05) is 34.9 Å².